The van der Waals surface area contributed by atoms with Crippen LogP contribution in [-0.4, -0.2) is 9.91 Å². The number of nitrogens with zero attached hydrogens (tertiary/aromatic N) is 2. The number of nitro groups is 1. The van der Waals surface area contributed by atoms with Crippen LogP contribution in [0.3, 0.4) is 0 Å². The molecule has 0 bridgehead atoms. The molecule has 1 rings (SSSR count). The Morgan fingerprint density at radius 3 is 2.38 bits per heavy atom. The van der Waals surface area contributed by atoms with Crippen molar-refractivity contribution in [3.8, 4) is 0 Å². The van der Waals surface area contributed by atoms with E-state index in [0.717, 1.165) is 5.57 Å². The zero-order valence-corrected chi connectivity index (χ0v) is 10.1. The van der Waals surface area contributed by atoms with Crippen LogP contribution in [0, 0.1) is 10.1 Å². The largest absolute Gasteiger partial charge is 0.291 e. The highest BCUT2D eigenvalue weighted by Crippen LogP contribution is 2.30. The average Bonchev–Trinajstić information content (AvgIpc) is 2.15. The Morgan fingerprint density at radius 1 is 1.44 bits per heavy atom. The maximum Gasteiger partial charge on any atom is 0.291 e. The molecule has 0 amide bonds. The maximum atomic E-state index is 10.9. The Labute approximate surface area is 95.2 Å². The van der Waals surface area contributed by atoms with Gasteiger partial charge < -0.3 is 0 Å². The van der Waals surface area contributed by atoms with E-state index < -0.39 is 4.92 Å². The lowest BCUT2D eigenvalue weighted by Gasteiger charge is -2.18. The van der Waals surface area contributed by atoms with Crippen LogP contribution in [0.25, 0.3) is 5.57 Å². The molecule has 4 heteroatoms. The van der Waals surface area contributed by atoms with Crippen LogP contribution >= 0.6 is 0 Å². The Bertz CT molecular complexity index is 445. The molecule has 0 unspecified atom stereocenters. The summed E-state index contributed by atoms with van der Waals surface area (Å²) in [6, 6.07) is 3.13. The minimum absolute atomic E-state index is 0.0671. The summed E-state index contributed by atoms with van der Waals surface area (Å²) < 4.78 is 0. The number of pyridine rings is 1. The lowest BCUT2D eigenvalue weighted by atomic mass is 9.90. The van der Waals surface area contributed by atoms with Crippen molar-refractivity contribution in [3.05, 3.63) is 40.2 Å². The fourth-order valence-corrected chi connectivity index (χ4v) is 1.39. The molecule has 0 saturated carbocycles. The second-order valence-electron chi connectivity index (χ2n) is 4.85. The van der Waals surface area contributed by atoms with E-state index in [4.69, 9.17) is 0 Å². The van der Waals surface area contributed by atoms with Crippen molar-refractivity contribution in [2.75, 3.05) is 0 Å². The summed E-state index contributed by atoms with van der Waals surface area (Å²) >= 11 is 0. The van der Waals surface area contributed by atoms with Crippen LogP contribution in [0.15, 0.2) is 18.7 Å². The van der Waals surface area contributed by atoms with Gasteiger partial charge in [0.2, 0.25) is 0 Å². The van der Waals surface area contributed by atoms with Crippen LogP contribution in [-0.2, 0) is 5.41 Å². The van der Waals surface area contributed by atoms with Crippen LogP contribution in [0.1, 0.15) is 39.1 Å². The third-order valence-corrected chi connectivity index (χ3v) is 2.22. The lowest BCUT2D eigenvalue weighted by molar-refractivity contribution is -0.386. The van der Waals surface area contributed by atoms with Gasteiger partial charge in [-0.3, -0.25) is 10.1 Å². The van der Waals surface area contributed by atoms with Crippen molar-refractivity contribution >= 4 is 11.3 Å². The lowest BCUT2D eigenvalue weighted by Crippen LogP contribution is -2.16. The number of rotatable bonds is 2. The van der Waals surface area contributed by atoms with E-state index in [-0.39, 0.29) is 11.1 Å². The van der Waals surface area contributed by atoms with Crippen molar-refractivity contribution < 1.29 is 4.92 Å². The second kappa shape index (κ2) is 4.04. The van der Waals surface area contributed by atoms with Crippen molar-refractivity contribution in [1.29, 1.82) is 0 Å². The van der Waals surface area contributed by atoms with E-state index in [1.165, 1.54) is 6.07 Å². The van der Waals surface area contributed by atoms with Gasteiger partial charge in [0.15, 0.2) is 0 Å². The smallest absolute Gasteiger partial charge is 0.258 e. The molecule has 0 atom stereocenters. The molecule has 0 aliphatic carbocycles. The zero-order chi connectivity index (χ0) is 12.5. The van der Waals surface area contributed by atoms with E-state index >= 15 is 0 Å². The summed E-state index contributed by atoms with van der Waals surface area (Å²) in [5.41, 5.74) is 1.72. The van der Waals surface area contributed by atoms with E-state index in [9.17, 15) is 10.1 Å². The van der Waals surface area contributed by atoms with Crippen molar-refractivity contribution in [2.45, 2.75) is 33.1 Å². The molecule has 0 aliphatic heterocycles. The molecule has 0 fully saturated rings. The SMILES string of the molecule is C=C(C)c1ccc([N+](=O)[O-])c(C(C)(C)C)n1. The summed E-state index contributed by atoms with van der Waals surface area (Å²) in [5, 5.41) is 10.9. The normalized spacial score (nSPS) is 11.2. The Hall–Kier alpha value is -1.71. The van der Waals surface area contributed by atoms with Crippen LogP contribution in [0.4, 0.5) is 5.69 Å². The minimum atomic E-state index is -0.393. The van der Waals surface area contributed by atoms with Gasteiger partial charge >= 0.3 is 0 Å². The predicted octanol–water partition coefficient (Wildman–Crippen LogP) is 3.32. The molecule has 1 aromatic heterocycles. The highest BCUT2D eigenvalue weighted by atomic mass is 16.6. The quantitative estimate of drug-likeness (QED) is 0.567. The first-order chi connectivity index (χ1) is 7.23. The van der Waals surface area contributed by atoms with Gasteiger partial charge in [-0.1, -0.05) is 27.4 Å². The first-order valence-electron chi connectivity index (χ1n) is 5.05. The summed E-state index contributed by atoms with van der Waals surface area (Å²) in [7, 11) is 0. The van der Waals surface area contributed by atoms with Gasteiger partial charge in [-0.2, -0.15) is 0 Å². The van der Waals surface area contributed by atoms with E-state index in [2.05, 4.69) is 11.6 Å². The molecule has 16 heavy (non-hydrogen) atoms. The Morgan fingerprint density at radius 2 is 2.00 bits per heavy atom. The number of aromatic nitrogens is 1. The highest BCUT2D eigenvalue weighted by molar-refractivity contribution is 5.59. The third kappa shape index (κ3) is 2.45. The summed E-state index contributed by atoms with van der Waals surface area (Å²) in [6.07, 6.45) is 0. The van der Waals surface area contributed by atoms with Gasteiger partial charge in [0.1, 0.15) is 5.69 Å². The van der Waals surface area contributed by atoms with E-state index in [1.54, 1.807) is 6.07 Å². The van der Waals surface area contributed by atoms with Crippen LogP contribution in [0.5, 0.6) is 0 Å². The number of hydrogen-bond acceptors (Lipinski definition) is 3. The molecule has 0 radical (unpaired) electrons. The second-order valence-corrected chi connectivity index (χ2v) is 4.85. The predicted molar refractivity (Wildman–Crippen MR) is 64.3 cm³/mol. The molecule has 1 aromatic rings. The number of hydrogen-bond donors (Lipinski definition) is 0. The van der Waals surface area contributed by atoms with Crippen molar-refractivity contribution in [1.82, 2.24) is 4.98 Å². The standard InChI is InChI=1S/C12H16N2O2/c1-8(2)9-6-7-10(14(15)16)11(13-9)12(3,4)5/h6-7H,1H2,2-5H3. The molecular weight excluding hydrogens is 204 g/mol. The zero-order valence-electron chi connectivity index (χ0n) is 10.1. The van der Waals surface area contributed by atoms with Gasteiger partial charge in [-0.15, -0.1) is 0 Å². The molecule has 1 heterocycles. The molecule has 0 aliphatic rings. The van der Waals surface area contributed by atoms with Gasteiger partial charge in [-0.25, -0.2) is 4.98 Å². The molecule has 0 spiro atoms. The van der Waals surface area contributed by atoms with E-state index in [0.29, 0.717) is 11.4 Å². The number of allylic oxidation sites excluding steroid dienone is 1. The van der Waals surface area contributed by atoms with Gasteiger partial charge in [0, 0.05) is 11.5 Å². The molecule has 0 N–H and O–H groups in total. The Kier molecular flexibility index (Phi) is 3.12. The monoisotopic (exact) mass is 220 g/mol. The molecule has 0 aromatic carbocycles. The Balaban J connectivity index is 3.45. The van der Waals surface area contributed by atoms with E-state index in [1.807, 2.05) is 27.7 Å². The fourth-order valence-electron chi connectivity index (χ4n) is 1.39. The average molecular weight is 220 g/mol. The summed E-state index contributed by atoms with van der Waals surface area (Å²) in [4.78, 5) is 14.8. The third-order valence-electron chi connectivity index (χ3n) is 2.22. The summed E-state index contributed by atoms with van der Waals surface area (Å²) in [6.45, 7) is 11.3. The minimum Gasteiger partial charge on any atom is -0.258 e. The molecule has 86 valence electrons. The highest BCUT2D eigenvalue weighted by Gasteiger charge is 2.26. The summed E-state index contributed by atoms with van der Waals surface area (Å²) in [5.74, 6) is 0. The molecular formula is C12H16N2O2. The first kappa shape index (κ1) is 12.4. The van der Waals surface area contributed by atoms with Gasteiger partial charge in [-0.05, 0) is 18.6 Å². The molecule has 4 nitrogen and oxygen atoms in total. The van der Waals surface area contributed by atoms with Crippen LogP contribution < -0.4 is 0 Å². The fraction of sp³-hybridized carbons (Fsp3) is 0.417. The first-order valence-corrected chi connectivity index (χ1v) is 5.05. The van der Waals surface area contributed by atoms with Gasteiger partial charge in [0.25, 0.3) is 5.69 Å². The topological polar surface area (TPSA) is 56.0 Å². The van der Waals surface area contributed by atoms with Crippen molar-refractivity contribution in [2.24, 2.45) is 0 Å². The van der Waals surface area contributed by atoms with Crippen molar-refractivity contribution in [3.63, 3.8) is 0 Å². The molecule has 0 saturated heterocycles. The van der Waals surface area contributed by atoms with Crippen LogP contribution in [0.2, 0.25) is 0 Å². The maximum absolute atomic E-state index is 10.9. The van der Waals surface area contributed by atoms with Gasteiger partial charge in [0.05, 0.1) is 10.6 Å².